The van der Waals surface area contributed by atoms with Crippen LogP contribution in [0.5, 0.6) is 5.75 Å². The summed E-state index contributed by atoms with van der Waals surface area (Å²) in [5.41, 5.74) is 1.93. The van der Waals surface area contributed by atoms with E-state index in [-0.39, 0.29) is 36.0 Å². The molecule has 2 aromatic rings. The first-order valence-corrected chi connectivity index (χ1v) is 11.0. The van der Waals surface area contributed by atoms with Gasteiger partial charge in [0.25, 0.3) is 5.91 Å². The minimum absolute atomic E-state index is 0.137. The van der Waals surface area contributed by atoms with Gasteiger partial charge in [0.15, 0.2) is 11.6 Å². The molecule has 2 aliphatic rings. The molecule has 2 fully saturated rings. The van der Waals surface area contributed by atoms with Crippen LogP contribution in [0.25, 0.3) is 0 Å². The highest BCUT2D eigenvalue weighted by Crippen LogP contribution is 2.22. The van der Waals surface area contributed by atoms with E-state index in [9.17, 15) is 14.0 Å². The van der Waals surface area contributed by atoms with Gasteiger partial charge in [-0.3, -0.25) is 19.4 Å². The van der Waals surface area contributed by atoms with Crippen LogP contribution in [0, 0.1) is 5.82 Å². The van der Waals surface area contributed by atoms with Crippen molar-refractivity contribution in [1.29, 1.82) is 0 Å². The number of nitrogens with zero attached hydrogens (tertiary/aromatic N) is 2. The number of benzene rings is 2. The first kappa shape index (κ1) is 22.2. The number of carbonyl (C=O) groups excluding carboxylic acids is 2. The molecule has 1 heterocycles. The van der Waals surface area contributed by atoms with Crippen molar-refractivity contribution in [1.82, 2.24) is 15.1 Å². The number of anilines is 1. The molecule has 0 aromatic heterocycles. The van der Waals surface area contributed by atoms with Crippen molar-refractivity contribution < 1.29 is 18.7 Å². The van der Waals surface area contributed by atoms with E-state index in [1.165, 1.54) is 13.2 Å². The topological polar surface area (TPSA) is 73.9 Å². The second kappa shape index (κ2) is 10.1. The maximum atomic E-state index is 13.9. The Hall–Kier alpha value is -2.97. The lowest BCUT2D eigenvalue weighted by atomic mass is 10.1. The van der Waals surface area contributed by atoms with E-state index in [4.69, 9.17) is 4.74 Å². The van der Waals surface area contributed by atoms with Crippen LogP contribution >= 0.6 is 0 Å². The van der Waals surface area contributed by atoms with Crippen molar-refractivity contribution in [2.24, 2.45) is 0 Å². The molecule has 0 atom stereocenters. The quantitative estimate of drug-likeness (QED) is 0.660. The Balaban J connectivity index is 1.25. The van der Waals surface area contributed by atoms with Crippen molar-refractivity contribution in [2.75, 3.05) is 45.2 Å². The maximum absolute atomic E-state index is 13.9. The van der Waals surface area contributed by atoms with Gasteiger partial charge in [0, 0.05) is 38.8 Å². The fourth-order valence-electron chi connectivity index (χ4n) is 3.85. The predicted molar refractivity (Wildman–Crippen MR) is 120 cm³/mol. The second-order valence-electron chi connectivity index (χ2n) is 8.36. The smallest absolute Gasteiger partial charge is 0.253 e. The third-order valence-electron chi connectivity index (χ3n) is 5.81. The Morgan fingerprint density at radius 2 is 1.78 bits per heavy atom. The molecule has 0 unspecified atom stereocenters. The molecule has 2 aromatic carbocycles. The van der Waals surface area contributed by atoms with Gasteiger partial charge < -0.3 is 15.4 Å². The van der Waals surface area contributed by atoms with Gasteiger partial charge in [0.2, 0.25) is 5.91 Å². The van der Waals surface area contributed by atoms with Gasteiger partial charge >= 0.3 is 0 Å². The highest BCUT2D eigenvalue weighted by atomic mass is 19.1. The summed E-state index contributed by atoms with van der Waals surface area (Å²) in [5, 5.41) is 5.86. The Bertz CT molecular complexity index is 971. The average molecular weight is 441 g/mol. The van der Waals surface area contributed by atoms with Crippen molar-refractivity contribution in [3.8, 4) is 5.75 Å². The number of para-hydroxylation sites is 1. The number of methoxy groups -OCH3 is 1. The molecular weight excluding hydrogens is 411 g/mol. The normalized spacial score (nSPS) is 17.1. The summed E-state index contributed by atoms with van der Waals surface area (Å²) < 4.78 is 18.9. The number of halogens is 1. The van der Waals surface area contributed by atoms with Crippen LogP contribution in [-0.4, -0.2) is 67.5 Å². The van der Waals surface area contributed by atoms with Crippen LogP contribution < -0.4 is 15.4 Å². The molecule has 0 radical (unpaired) electrons. The van der Waals surface area contributed by atoms with Gasteiger partial charge in [-0.25, -0.2) is 4.39 Å². The molecular formula is C24H29FN4O3. The molecule has 2 N–H and O–H groups in total. The molecule has 1 saturated carbocycles. The van der Waals surface area contributed by atoms with E-state index >= 15 is 0 Å². The van der Waals surface area contributed by atoms with E-state index in [0.29, 0.717) is 17.8 Å². The lowest BCUT2D eigenvalue weighted by molar-refractivity contribution is -0.117. The van der Waals surface area contributed by atoms with Gasteiger partial charge in [-0.15, -0.1) is 0 Å². The number of piperazine rings is 1. The largest absolute Gasteiger partial charge is 0.494 e. The zero-order valence-corrected chi connectivity index (χ0v) is 18.3. The Labute approximate surface area is 187 Å². The van der Waals surface area contributed by atoms with Gasteiger partial charge in [-0.1, -0.05) is 18.2 Å². The molecule has 1 aliphatic carbocycles. The van der Waals surface area contributed by atoms with Gasteiger partial charge in [-0.05, 0) is 42.7 Å². The van der Waals surface area contributed by atoms with Crippen LogP contribution in [0.15, 0.2) is 42.5 Å². The lowest BCUT2D eigenvalue weighted by Gasteiger charge is -2.34. The summed E-state index contributed by atoms with van der Waals surface area (Å²) in [7, 11) is 1.45. The predicted octanol–water partition coefficient (Wildman–Crippen LogP) is 2.48. The number of ether oxygens (including phenoxy) is 1. The summed E-state index contributed by atoms with van der Waals surface area (Å²) in [6.45, 7) is 4.00. The van der Waals surface area contributed by atoms with Crippen molar-refractivity contribution in [3.05, 3.63) is 59.4 Å². The van der Waals surface area contributed by atoms with Crippen LogP contribution in [0.4, 0.5) is 10.1 Å². The zero-order valence-electron chi connectivity index (χ0n) is 18.3. The Morgan fingerprint density at radius 3 is 2.47 bits per heavy atom. The molecule has 1 saturated heterocycles. The molecule has 1 aliphatic heterocycles. The standard InChI is InChI=1S/C24H29FN4O3/c1-32-22-9-6-17(14-20(22)25)15-28-10-12-29(13-11-28)16-23(30)27-21-5-3-2-4-19(21)24(31)26-18-7-8-18/h2-6,9,14,18H,7-8,10-13,15-16H2,1H3,(H,26,31)(H,27,30). The fraction of sp³-hybridized carbons (Fsp3) is 0.417. The highest BCUT2D eigenvalue weighted by molar-refractivity contribution is 6.04. The SMILES string of the molecule is COc1ccc(CN2CCN(CC(=O)Nc3ccccc3C(=O)NC3CC3)CC2)cc1F. The summed E-state index contributed by atoms with van der Waals surface area (Å²) in [5.74, 6) is -0.392. The number of rotatable bonds is 8. The number of hydrogen-bond donors (Lipinski definition) is 2. The molecule has 2 amide bonds. The number of amides is 2. The Kier molecular flexibility index (Phi) is 7.02. The number of nitrogens with one attached hydrogen (secondary N) is 2. The fourth-order valence-corrected chi connectivity index (χ4v) is 3.85. The molecule has 8 heteroatoms. The molecule has 0 spiro atoms. The zero-order chi connectivity index (χ0) is 22.5. The van der Waals surface area contributed by atoms with Gasteiger partial charge in [0.1, 0.15) is 0 Å². The monoisotopic (exact) mass is 440 g/mol. The van der Waals surface area contributed by atoms with Crippen LogP contribution in [0.2, 0.25) is 0 Å². The summed E-state index contributed by atoms with van der Waals surface area (Å²) in [4.78, 5) is 29.4. The second-order valence-corrected chi connectivity index (χ2v) is 8.36. The van der Waals surface area contributed by atoms with Crippen molar-refractivity contribution >= 4 is 17.5 Å². The highest BCUT2D eigenvalue weighted by Gasteiger charge is 2.25. The van der Waals surface area contributed by atoms with Gasteiger partial charge in [-0.2, -0.15) is 0 Å². The van der Waals surface area contributed by atoms with E-state index in [2.05, 4.69) is 20.4 Å². The number of carbonyl (C=O) groups is 2. The molecule has 4 rings (SSSR count). The first-order valence-electron chi connectivity index (χ1n) is 11.0. The van der Waals surface area contributed by atoms with E-state index in [1.54, 1.807) is 24.3 Å². The van der Waals surface area contributed by atoms with Gasteiger partial charge in [0.05, 0.1) is 24.9 Å². The van der Waals surface area contributed by atoms with E-state index < -0.39 is 0 Å². The molecule has 170 valence electrons. The van der Waals surface area contributed by atoms with E-state index in [1.807, 2.05) is 12.1 Å². The summed E-state index contributed by atoms with van der Waals surface area (Å²) >= 11 is 0. The third kappa shape index (κ3) is 5.83. The molecule has 7 nitrogen and oxygen atoms in total. The molecule has 32 heavy (non-hydrogen) atoms. The maximum Gasteiger partial charge on any atom is 0.253 e. The van der Waals surface area contributed by atoms with Crippen LogP contribution in [0.3, 0.4) is 0 Å². The Morgan fingerprint density at radius 1 is 1.06 bits per heavy atom. The van der Waals surface area contributed by atoms with Crippen molar-refractivity contribution in [3.63, 3.8) is 0 Å². The first-order chi connectivity index (χ1) is 15.5. The average Bonchev–Trinajstić information content (AvgIpc) is 3.59. The summed E-state index contributed by atoms with van der Waals surface area (Å²) in [6, 6.07) is 12.4. The third-order valence-corrected chi connectivity index (χ3v) is 5.81. The minimum Gasteiger partial charge on any atom is -0.494 e. The number of hydrogen-bond acceptors (Lipinski definition) is 5. The van der Waals surface area contributed by atoms with E-state index in [0.717, 1.165) is 44.6 Å². The lowest BCUT2D eigenvalue weighted by Crippen LogP contribution is -2.48. The van der Waals surface area contributed by atoms with Crippen LogP contribution in [0.1, 0.15) is 28.8 Å². The van der Waals surface area contributed by atoms with Crippen molar-refractivity contribution in [2.45, 2.75) is 25.4 Å². The van der Waals surface area contributed by atoms with Crippen LogP contribution in [-0.2, 0) is 11.3 Å². The minimum atomic E-state index is -0.355. The summed E-state index contributed by atoms with van der Waals surface area (Å²) in [6.07, 6.45) is 2.03. The molecule has 0 bridgehead atoms.